The van der Waals surface area contributed by atoms with Gasteiger partial charge in [-0.3, -0.25) is 9.48 Å². The number of piperazine rings is 1. The molecule has 2 saturated heterocycles. The Morgan fingerprint density at radius 1 is 1.23 bits per heavy atom. The van der Waals surface area contributed by atoms with Crippen LogP contribution in [-0.4, -0.2) is 70.6 Å². The molecular weight excluding hydrogens is 501 g/mol. The summed E-state index contributed by atoms with van der Waals surface area (Å²) in [6, 6.07) is 7.52. The number of ether oxygens (including phenoxy) is 2. The number of nitrogens with one attached hydrogen (secondary N) is 2. The fraction of sp³-hybridized carbons (Fsp3) is 0.429. The van der Waals surface area contributed by atoms with Gasteiger partial charge in [-0.1, -0.05) is 0 Å². The molecular formula is C28H32FN7O3. The first-order valence-electron chi connectivity index (χ1n) is 13.3. The lowest BCUT2D eigenvalue weighted by Crippen LogP contribution is -2.54. The highest BCUT2D eigenvalue weighted by Crippen LogP contribution is 2.31. The van der Waals surface area contributed by atoms with Crippen molar-refractivity contribution in [2.24, 2.45) is 13.0 Å². The van der Waals surface area contributed by atoms with E-state index in [4.69, 9.17) is 14.5 Å². The van der Waals surface area contributed by atoms with Crippen LogP contribution in [0.5, 0.6) is 6.01 Å². The number of hydrogen-bond donors (Lipinski definition) is 2. The Morgan fingerprint density at radius 2 is 2.05 bits per heavy atom. The number of aromatic nitrogens is 4. The number of benzene rings is 2. The molecule has 2 aromatic heterocycles. The lowest BCUT2D eigenvalue weighted by Gasteiger charge is -2.38. The van der Waals surface area contributed by atoms with E-state index in [0.717, 1.165) is 37.2 Å². The van der Waals surface area contributed by atoms with Gasteiger partial charge < -0.3 is 25.0 Å². The Hall–Kier alpha value is -3.83. The summed E-state index contributed by atoms with van der Waals surface area (Å²) in [5.74, 6) is -0.607. The molecule has 1 amide bonds. The van der Waals surface area contributed by atoms with Crippen LogP contribution >= 0.6 is 0 Å². The summed E-state index contributed by atoms with van der Waals surface area (Å²) in [6.07, 6.45) is 4.37. The average Bonchev–Trinajstić information content (AvgIpc) is 3.55. The number of halogens is 1. The van der Waals surface area contributed by atoms with Gasteiger partial charge >= 0.3 is 6.01 Å². The fourth-order valence-corrected chi connectivity index (χ4v) is 5.53. The largest absolute Gasteiger partial charge is 0.463 e. The van der Waals surface area contributed by atoms with Gasteiger partial charge in [0.1, 0.15) is 5.52 Å². The van der Waals surface area contributed by atoms with Crippen LogP contribution in [0.3, 0.4) is 0 Å². The number of amides is 1. The van der Waals surface area contributed by atoms with Crippen molar-refractivity contribution in [1.82, 2.24) is 25.1 Å². The van der Waals surface area contributed by atoms with Crippen molar-refractivity contribution in [3.05, 3.63) is 48.0 Å². The van der Waals surface area contributed by atoms with E-state index >= 15 is 0 Å². The minimum atomic E-state index is -0.501. The summed E-state index contributed by atoms with van der Waals surface area (Å²) in [5.41, 5.74) is 2.39. The second-order valence-corrected chi connectivity index (χ2v) is 10.6. The third-order valence-corrected chi connectivity index (χ3v) is 7.25. The highest BCUT2D eigenvalue weighted by Gasteiger charge is 2.25. The summed E-state index contributed by atoms with van der Waals surface area (Å²) in [5, 5.41) is 11.9. The van der Waals surface area contributed by atoms with Crippen molar-refractivity contribution in [2.75, 3.05) is 43.1 Å². The molecule has 0 saturated carbocycles. The van der Waals surface area contributed by atoms with Gasteiger partial charge in [0.2, 0.25) is 0 Å². The van der Waals surface area contributed by atoms with Crippen LogP contribution in [0, 0.1) is 11.7 Å². The van der Waals surface area contributed by atoms with Crippen molar-refractivity contribution in [3.8, 4) is 6.01 Å². The molecule has 6 rings (SSSR count). The van der Waals surface area contributed by atoms with Gasteiger partial charge in [-0.25, -0.2) is 9.37 Å². The second kappa shape index (κ2) is 10.4. The van der Waals surface area contributed by atoms with E-state index in [9.17, 15) is 9.18 Å². The SMILES string of the molecule is C[C@H]1CN(c2ccc(C(=O)Nc3cc(F)c4nn(C)cc4c3)c3nc(OC[C@H]4CCOC4)ncc23)C[C@H](C)N1. The minimum absolute atomic E-state index is 0.213. The van der Waals surface area contributed by atoms with E-state index in [2.05, 4.69) is 39.5 Å². The van der Waals surface area contributed by atoms with Crippen LogP contribution in [0.15, 0.2) is 36.7 Å². The molecule has 4 heterocycles. The van der Waals surface area contributed by atoms with Crippen LogP contribution in [-0.2, 0) is 11.8 Å². The Morgan fingerprint density at radius 3 is 2.82 bits per heavy atom. The van der Waals surface area contributed by atoms with Gasteiger partial charge in [-0.05, 0) is 44.5 Å². The van der Waals surface area contributed by atoms with E-state index in [0.29, 0.717) is 53.4 Å². The average molecular weight is 534 g/mol. The summed E-state index contributed by atoms with van der Waals surface area (Å²) in [6.45, 7) is 7.77. The lowest BCUT2D eigenvalue weighted by molar-refractivity contribution is 0.102. The maximum atomic E-state index is 14.7. The third-order valence-electron chi connectivity index (χ3n) is 7.25. The number of nitrogens with zero attached hydrogens (tertiary/aromatic N) is 5. The van der Waals surface area contributed by atoms with E-state index in [1.165, 1.54) is 6.07 Å². The summed E-state index contributed by atoms with van der Waals surface area (Å²) in [4.78, 5) is 25.0. The van der Waals surface area contributed by atoms with E-state index in [-0.39, 0.29) is 11.5 Å². The van der Waals surface area contributed by atoms with Crippen molar-refractivity contribution in [2.45, 2.75) is 32.4 Å². The zero-order chi connectivity index (χ0) is 27.1. The standard InChI is InChI=1S/C28H32FN7O3/c1-16-11-36(12-17(2)31-16)24-5-4-21(26-22(24)10-30-28(33-26)39-15-18-6-7-38-14-18)27(37)32-20-8-19-13-35(3)34-25(19)23(29)9-20/h4-5,8-10,13,16-18,31H,6-7,11-12,14-15H2,1-3H3,(H,32,37)/t16-,17-,18-/m0/s1. The summed E-state index contributed by atoms with van der Waals surface area (Å²) in [7, 11) is 1.73. The van der Waals surface area contributed by atoms with Gasteiger partial charge in [-0.2, -0.15) is 10.1 Å². The Bertz CT molecular complexity index is 1520. The topological polar surface area (TPSA) is 106 Å². The van der Waals surface area contributed by atoms with E-state index in [1.807, 2.05) is 6.07 Å². The number of aryl methyl sites for hydroxylation is 1. The molecule has 2 fully saturated rings. The molecule has 2 aliphatic heterocycles. The molecule has 4 aromatic rings. The molecule has 204 valence electrons. The second-order valence-electron chi connectivity index (χ2n) is 10.6. The summed E-state index contributed by atoms with van der Waals surface area (Å²) >= 11 is 0. The number of anilines is 2. The maximum absolute atomic E-state index is 14.7. The Kier molecular flexibility index (Phi) is 6.78. The zero-order valence-electron chi connectivity index (χ0n) is 22.3. The van der Waals surface area contributed by atoms with Crippen molar-refractivity contribution >= 4 is 39.1 Å². The van der Waals surface area contributed by atoms with Crippen molar-refractivity contribution < 1.29 is 18.7 Å². The number of fused-ring (bicyclic) bond motifs is 2. The maximum Gasteiger partial charge on any atom is 0.316 e. The van der Waals surface area contributed by atoms with Gasteiger partial charge in [0.25, 0.3) is 5.91 Å². The number of carbonyl (C=O) groups excluding carboxylic acids is 1. The van der Waals surface area contributed by atoms with Gasteiger partial charge in [-0.15, -0.1) is 0 Å². The van der Waals surface area contributed by atoms with Crippen LogP contribution in [0.1, 0.15) is 30.6 Å². The first-order valence-corrected chi connectivity index (χ1v) is 13.3. The monoisotopic (exact) mass is 533 g/mol. The van der Waals surface area contributed by atoms with Gasteiger partial charge in [0.15, 0.2) is 5.82 Å². The highest BCUT2D eigenvalue weighted by atomic mass is 19.1. The number of hydrogen-bond acceptors (Lipinski definition) is 8. The summed E-state index contributed by atoms with van der Waals surface area (Å²) < 4.78 is 27.6. The van der Waals surface area contributed by atoms with Crippen LogP contribution in [0.2, 0.25) is 0 Å². The van der Waals surface area contributed by atoms with Crippen LogP contribution in [0.25, 0.3) is 21.8 Å². The minimum Gasteiger partial charge on any atom is -0.463 e. The molecule has 3 atom stereocenters. The fourth-order valence-electron chi connectivity index (χ4n) is 5.53. The molecule has 2 aliphatic rings. The zero-order valence-corrected chi connectivity index (χ0v) is 22.3. The quantitative estimate of drug-likeness (QED) is 0.388. The predicted molar refractivity (Wildman–Crippen MR) is 147 cm³/mol. The highest BCUT2D eigenvalue weighted by molar-refractivity contribution is 6.14. The lowest BCUT2D eigenvalue weighted by atomic mass is 10.0. The van der Waals surface area contributed by atoms with Crippen molar-refractivity contribution in [3.63, 3.8) is 0 Å². The molecule has 2 aromatic carbocycles. The molecule has 10 nitrogen and oxygen atoms in total. The van der Waals surface area contributed by atoms with E-state index in [1.54, 1.807) is 36.3 Å². The molecule has 0 radical (unpaired) electrons. The van der Waals surface area contributed by atoms with Crippen LogP contribution in [0.4, 0.5) is 15.8 Å². The third kappa shape index (κ3) is 5.24. The first kappa shape index (κ1) is 25.4. The molecule has 0 spiro atoms. The molecule has 11 heteroatoms. The number of rotatable bonds is 6. The van der Waals surface area contributed by atoms with Crippen LogP contribution < -0.4 is 20.3 Å². The predicted octanol–water partition coefficient (Wildman–Crippen LogP) is 3.51. The van der Waals surface area contributed by atoms with Gasteiger partial charge in [0, 0.05) is 79.3 Å². The first-order chi connectivity index (χ1) is 18.8. The smallest absolute Gasteiger partial charge is 0.316 e. The Balaban J connectivity index is 1.36. The van der Waals surface area contributed by atoms with Crippen molar-refractivity contribution in [1.29, 1.82) is 0 Å². The molecule has 0 unspecified atom stereocenters. The Labute approximate surface area is 225 Å². The van der Waals surface area contributed by atoms with E-state index < -0.39 is 11.7 Å². The molecule has 0 aliphatic carbocycles. The molecule has 2 N–H and O–H groups in total. The molecule has 39 heavy (non-hydrogen) atoms. The molecule has 0 bridgehead atoms. The number of carbonyl (C=O) groups is 1. The van der Waals surface area contributed by atoms with Gasteiger partial charge in [0.05, 0.1) is 24.3 Å². The normalized spacial score (nSPS) is 21.5.